The lowest BCUT2D eigenvalue weighted by atomic mass is 10.4. The van der Waals surface area contributed by atoms with Gasteiger partial charge in [-0.1, -0.05) is 23.2 Å². The van der Waals surface area contributed by atoms with Gasteiger partial charge < -0.3 is 5.32 Å². The van der Waals surface area contributed by atoms with E-state index in [-0.39, 0.29) is 5.91 Å². The molecule has 0 saturated carbocycles. The van der Waals surface area contributed by atoms with Gasteiger partial charge in [0.25, 0.3) is 5.91 Å². The molecule has 2 aromatic heterocycles. The predicted octanol–water partition coefficient (Wildman–Crippen LogP) is 3.70. The molecule has 0 unspecified atom stereocenters. The minimum absolute atomic E-state index is 0.209. The molecule has 0 bridgehead atoms. The van der Waals surface area contributed by atoms with Gasteiger partial charge in [0.1, 0.15) is 5.15 Å². The Morgan fingerprint density at radius 3 is 2.75 bits per heavy atom. The van der Waals surface area contributed by atoms with Crippen LogP contribution in [-0.4, -0.2) is 10.9 Å². The van der Waals surface area contributed by atoms with Gasteiger partial charge in [-0.2, -0.15) is 0 Å². The SMILES string of the molecule is O=C(Nc1ccnc(Cl)c1)c1ccc(Cl)s1. The van der Waals surface area contributed by atoms with Gasteiger partial charge in [0.05, 0.1) is 9.21 Å². The van der Waals surface area contributed by atoms with Crippen molar-refractivity contribution in [1.82, 2.24) is 4.98 Å². The highest BCUT2D eigenvalue weighted by Gasteiger charge is 2.08. The molecule has 0 saturated heterocycles. The standard InChI is InChI=1S/C10H6Cl2N2OS/c11-8-5-6(3-4-13-8)14-10(15)7-1-2-9(12)16-7/h1-5H,(H,13,14,15). The van der Waals surface area contributed by atoms with E-state index in [1.54, 1.807) is 24.3 Å². The van der Waals surface area contributed by atoms with Crippen molar-refractivity contribution in [3.8, 4) is 0 Å². The lowest BCUT2D eigenvalue weighted by Crippen LogP contribution is -2.09. The molecule has 0 aliphatic carbocycles. The van der Waals surface area contributed by atoms with Crippen LogP contribution in [0, 0.1) is 0 Å². The average molecular weight is 273 g/mol. The largest absolute Gasteiger partial charge is 0.321 e. The molecule has 3 nitrogen and oxygen atoms in total. The fourth-order valence-corrected chi connectivity index (χ4v) is 2.22. The first-order chi connectivity index (χ1) is 7.65. The number of aromatic nitrogens is 1. The van der Waals surface area contributed by atoms with Crippen LogP contribution >= 0.6 is 34.5 Å². The Morgan fingerprint density at radius 1 is 1.31 bits per heavy atom. The lowest BCUT2D eigenvalue weighted by molar-refractivity contribution is 0.103. The molecule has 0 radical (unpaired) electrons. The van der Waals surface area contributed by atoms with Gasteiger partial charge in [-0.15, -0.1) is 11.3 Å². The molecule has 0 atom stereocenters. The summed E-state index contributed by atoms with van der Waals surface area (Å²) in [5.41, 5.74) is 0.606. The van der Waals surface area contributed by atoms with Crippen LogP contribution in [0.1, 0.15) is 9.67 Å². The Kier molecular flexibility index (Phi) is 3.43. The molecule has 82 valence electrons. The molecule has 0 aliphatic rings. The van der Waals surface area contributed by atoms with Crippen LogP contribution in [0.4, 0.5) is 5.69 Å². The van der Waals surface area contributed by atoms with Gasteiger partial charge in [-0.3, -0.25) is 4.79 Å². The molecule has 0 spiro atoms. The number of nitrogens with one attached hydrogen (secondary N) is 1. The van der Waals surface area contributed by atoms with Gasteiger partial charge in [0, 0.05) is 11.9 Å². The molecule has 1 amide bonds. The molecule has 2 aromatic rings. The number of anilines is 1. The monoisotopic (exact) mass is 272 g/mol. The highest BCUT2D eigenvalue weighted by atomic mass is 35.5. The van der Waals surface area contributed by atoms with Gasteiger partial charge in [-0.25, -0.2) is 4.98 Å². The number of carbonyl (C=O) groups excluding carboxylic acids is 1. The van der Waals surface area contributed by atoms with E-state index in [0.717, 1.165) is 0 Å². The summed E-state index contributed by atoms with van der Waals surface area (Å²) in [6.07, 6.45) is 1.53. The van der Waals surface area contributed by atoms with Crippen molar-refractivity contribution >= 4 is 46.1 Å². The van der Waals surface area contributed by atoms with Gasteiger partial charge in [0.2, 0.25) is 0 Å². The fraction of sp³-hybridized carbons (Fsp3) is 0. The van der Waals surface area contributed by atoms with E-state index in [2.05, 4.69) is 10.3 Å². The number of carbonyl (C=O) groups is 1. The van der Waals surface area contributed by atoms with Crippen LogP contribution < -0.4 is 5.32 Å². The smallest absolute Gasteiger partial charge is 0.265 e. The third-order valence-corrected chi connectivity index (χ3v) is 3.22. The molecule has 2 heterocycles. The van der Waals surface area contributed by atoms with Crippen molar-refractivity contribution in [1.29, 1.82) is 0 Å². The topological polar surface area (TPSA) is 42.0 Å². The molecular weight excluding hydrogens is 267 g/mol. The van der Waals surface area contributed by atoms with Crippen LogP contribution in [0.5, 0.6) is 0 Å². The van der Waals surface area contributed by atoms with Crippen LogP contribution in [-0.2, 0) is 0 Å². The zero-order valence-electron chi connectivity index (χ0n) is 7.91. The van der Waals surface area contributed by atoms with E-state index in [4.69, 9.17) is 23.2 Å². The molecule has 0 aromatic carbocycles. The number of thiophene rings is 1. The van der Waals surface area contributed by atoms with Gasteiger partial charge in [-0.05, 0) is 24.3 Å². The van der Waals surface area contributed by atoms with Crippen molar-refractivity contribution in [2.45, 2.75) is 0 Å². The Bertz CT molecular complexity index is 527. The van der Waals surface area contributed by atoms with Crippen molar-refractivity contribution in [3.63, 3.8) is 0 Å². The zero-order valence-corrected chi connectivity index (χ0v) is 10.2. The number of amides is 1. The average Bonchev–Trinajstić information content (AvgIpc) is 2.65. The normalized spacial score (nSPS) is 10.1. The minimum atomic E-state index is -0.209. The Hall–Kier alpha value is -1.10. The lowest BCUT2D eigenvalue weighted by Gasteiger charge is -2.02. The zero-order chi connectivity index (χ0) is 11.5. The Balaban J connectivity index is 2.13. The van der Waals surface area contributed by atoms with Gasteiger partial charge >= 0.3 is 0 Å². The number of hydrogen-bond donors (Lipinski definition) is 1. The van der Waals surface area contributed by atoms with Crippen LogP contribution in [0.15, 0.2) is 30.5 Å². The number of halogens is 2. The minimum Gasteiger partial charge on any atom is -0.321 e. The van der Waals surface area contributed by atoms with E-state index in [1.165, 1.54) is 17.5 Å². The summed E-state index contributed by atoms with van der Waals surface area (Å²) < 4.78 is 0.581. The Morgan fingerprint density at radius 2 is 2.12 bits per heavy atom. The van der Waals surface area contributed by atoms with E-state index in [1.807, 2.05) is 0 Å². The summed E-state index contributed by atoms with van der Waals surface area (Å²) in [7, 11) is 0. The van der Waals surface area contributed by atoms with Crippen molar-refractivity contribution in [2.24, 2.45) is 0 Å². The highest BCUT2D eigenvalue weighted by Crippen LogP contribution is 2.22. The van der Waals surface area contributed by atoms with Crippen LogP contribution in [0.2, 0.25) is 9.49 Å². The molecule has 0 fully saturated rings. The van der Waals surface area contributed by atoms with Crippen LogP contribution in [0.3, 0.4) is 0 Å². The summed E-state index contributed by atoms with van der Waals surface area (Å²) in [5, 5.41) is 3.04. The van der Waals surface area contributed by atoms with Crippen molar-refractivity contribution in [3.05, 3.63) is 44.8 Å². The summed E-state index contributed by atoms with van der Waals surface area (Å²) in [4.78, 5) is 16.1. The molecule has 16 heavy (non-hydrogen) atoms. The summed E-state index contributed by atoms with van der Waals surface area (Å²) in [6.45, 7) is 0. The number of pyridine rings is 1. The molecule has 1 N–H and O–H groups in total. The van der Waals surface area contributed by atoms with Crippen LogP contribution in [0.25, 0.3) is 0 Å². The molecular formula is C10H6Cl2N2OS. The summed E-state index contributed by atoms with van der Waals surface area (Å²) in [6, 6.07) is 6.60. The van der Waals surface area contributed by atoms with Crippen molar-refractivity contribution in [2.75, 3.05) is 5.32 Å². The van der Waals surface area contributed by atoms with E-state index >= 15 is 0 Å². The second kappa shape index (κ2) is 4.82. The molecule has 2 rings (SSSR count). The quantitative estimate of drug-likeness (QED) is 0.847. The maximum atomic E-state index is 11.7. The first-order valence-electron chi connectivity index (χ1n) is 4.33. The summed E-state index contributed by atoms with van der Waals surface area (Å²) >= 11 is 12.7. The maximum absolute atomic E-state index is 11.7. The Labute approximate surface area is 106 Å². The number of hydrogen-bond acceptors (Lipinski definition) is 3. The number of rotatable bonds is 2. The van der Waals surface area contributed by atoms with Crippen molar-refractivity contribution < 1.29 is 4.79 Å². The predicted molar refractivity (Wildman–Crippen MR) is 66.5 cm³/mol. The fourth-order valence-electron chi connectivity index (χ4n) is 1.11. The highest BCUT2D eigenvalue weighted by molar-refractivity contribution is 7.18. The second-order valence-corrected chi connectivity index (χ2v) is 5.03. The summed E-state index contributed by atoms with van der Waals surface area (Å²) in [5.74, 6) is -0.209. The third kappa shape index (κ3) is 2.72. The van der Waals surface area contributed by atoms with Gasteiger partial charge in [0.15, 0.2) is 0 Å². The third-order valence-electron chi connectivity index (χ3n) is 1.78. The van der Waals surface area contributed by atoms with E-state index in [0.29, 0.717) is 20.1 Å². The molecule has 6 heteroatoms. The second-order valence-electron chi connectivity index (χ2n) is 2.93. The first-order valence-corrected chi connectivity index (χ1v) is 5.90. The molecule has 0 aliphatic heterocycles. The van der Waals surface area contributed by atoms with E-state index in [9.17, 15) is 4.79 Å². The van der Waals surface area contributed by atoms with E-state index < -0.39 is 0 Å². The maximum Gasteiger partial charge on any atom is 0.265 e. The first kappa shape index (κ1) is 11.4. The number of nitrogens with zero attached hydrogens (tertiary/aromatic N) is 1.